The second-order valence-electron chi connectivity index (χ2n) is 8.02. The third-order valence-corrected chi connectivity index (χ3v) is 5.37. The zero-order valence-electron chi connectivity index (χ0n) is 16.8. The van der Waals surface area contributed by atoms with E-state index in [1.54, 1.807) is 0 Å². The second-order valence-corrected chi connectivity index (χ2v) is 8.02. The number of carbonyl (C=O) groups excluding carboxylic acids is 1. The van der Waals surface area contributed by atoms with Crippen molar-refractivity contribution >= 4 is 28.5 Å². The minimum atomic E-state index is -0.411. The summed E-state index contributed by atoms with van der Waals surface area (Å²) in [7, 11) is 0. The second kappa shape index (κ2) is 7.02. The SMILES string of the molecule is CC(C)COc1ccccc1[C@H]1CC(=O)Nc2c1c(=O)[nH]c1nc3ccccc3n21. The van der Waals surface area contributed by atoms with E-state index in [2.05, 4.69) is 29.1 Å². The van der Waals surface area contributed by atoms with Crippen LogP contribution in [0.25, 0.3) is 16.8 Å². The summed E-state index contributed by atoms with van der Waals surface area (Å²) in [5.41, 5.74) is 2.68. The van der Waals surface area contributed by atoms with Gasteiger partial charge in [0.2, 0.25) is 11.7 Å². The number of fused-ring (bicyclic) bond motifs is 5. The standard InChI is InChI=1S/C23H22N4O3/c1-13(2)12-30-18-10-6-3-7-14(18)15-11-19(28)25-21-20(15)22(29)26-23-24-16-8-4-5-9-17(16)27(21)23/h3-10,13,15H,11-12H2,1-2H3,(H,25,28)(H,24,26,29)/t15-/m1/s1. The van der Waals surface area contributed by atoms with E-state index >= 15 is 0 Å². The molecule has 152 valence electrons. The normalized spacial score (nSPS) is 16.1. The fourth-order valence-electron chi connectivity index (χ4n) is 4.07. The first kappa shape index (κ1) is 18.4. The van der Waals surface area contributed by atoms with Gasteiger partial charge in [-0.25, -0.2) is 4.98 Å². The predicted molar refractivity (Wildman–Crippen MR) is 115 cm³/mol. The topological polar surface area (TPSA) is 88.5 Å². The van der Waals surface area contributed by atoms with E-state index in [1.165, 1.54) is 0 Å². The summed E-state index contributed by atoms with van der Waals surface area (Å²) in [6, 6.07) is 15.2. The Kier molecular flexibility index (Phi) is 4.31. The number of rotatable bonds is 4. The molecule has 5 rings (SSSR count). The van der Waals surface area contributed by atoms with Crippen LogP contribution in [0, 0.1) is 5.92 Å². The van der Waals surface area contributed by atoms with E-state index in [-0.39, 0.29) is 17.9 Å². The molecule has 0 aliphatic carbocycles. The van der Waals surface area contributed by atoms with Gasteiger partial charge in [0.05, 0.1) is 23.2 Å². The average molecular weight is 402 g/mol. The van der Waals surface area contributed by atoms with Gasteiger partial charge in [-0.2, -0.15) is 0 Å². The Bertz CT molecular complexity index is 1340. The molecule has 0 radical (unpaired) electrons. The van der Waals surface area contributed by atoms with Crippen LogP contribution in [0.2, 0.25) is 0 Å². The largest absolute Gasteiger partial charge is 0.493 e. The molecule has 0 spiro atoms. The van der Waals surface area contributed by atoms with Crippen LogP contribution in [-0.2, 0) is 4.79 Å². The lowest BCUT2D eigenvalue weighted by Crippen LogP contribution is -2.32. The number of imidazole rings is 1. The molecule has 1 aliphatic rings. The molecule has 4 aromatic rings. The van der Waals surface area contributed by atoms with E-state index in [0.717, 1.165) is 16.6 Å². The van der Waals surface area contributed by atoms with Crippen molar-refractivity contribution in [2.24, 2.45) is 5.92 Å². The highest BCUT2D eigenvalue weighted by atomic mass is 16.5. The van der Waals surface area contributed by atoms with Crippen molar-refractivity contribution in [3.05, 3.63) is 70.0 Å². The van der Waals surface area contributed by atoms with Crippen molar-refractivity contribution in [1.29, 1.82) is 0 Å². The molecule has 7 nitrogen and oxygen atoms in total. The van der Waals surface area contributed by atoms with Crippen LogP contribution in [0.5, 0.6) is 5.75 Å². The van der Waals surface area contributed by atoms with Gasteiger partial charge in [-0.05, 0) is 24.1 Å². The Hall–Kier alpha value is -3.61. The molecular weight excluding hydrogens is 380 g/mol. The van der Waals surface area contributed by atoms with Gasteiger partial charge in [-0.3, -0.25) is 19.0 Å². The highest BCUT2D eigenvalue weighted by Gasteiger charge is 2.33. The molecule has 0 saturated carbocycles. The molecule has 0 fully saturated rings. The molecule has 1 aliphatic heterocycles. The van der Waals surface area contributed by atoms with Crippen LogP contribution in [0.4, 0.5) is 5.82 Å². The Morgan fingerprint density at radius 2 is 1.90 bits per heavy atom. The Balaban J connectivity index is 1.75. The van der Waals surface area contributed by atoms with Crippen LogP contribution >= 0.6 is 0 Å². The number of ether oxygens (including phenoxy) is 1. The first-order valence-corrected chi connectivity index (χ1v) is 10.1. The van der Waals surface area contributed by atoms with Crippen molar-refractivity contribution in [2.45, 2.75) is 26.2 Å². The lowest BCUT2D eigenvalue weighted by Gasteiger charge is -2.27. The Morgan fingerprint density at radius 1 is 1.13 bits per heavy atom. The number of amides is 1. The minimum Gasteiger partial charge on any atom is -0.493 e. The molecule has 0 bridgehead atoms. The smallest absolute Gasteiger partial charge is 0.258 e. The zero-order chi connectivity index (χ0) is 20.8. The number of hydrogen-bond acceptors (Lipinski definition) is 4. The fourth-order valence-corrected chi connectivity index (χ4v) is 4.07. The molecule has 2 N–H and O–H groups in total. The average Bonchev–Trinajstić information content (AvgIpc) is 3.10. The number of benzene rings is 2. The van der Waals surface area contributed by atoms with E-state index < -0.39 is 5.92 Å². The summed E-state index contributed by atoms with van der Waals surface area (Å²) in [6.45, 7) is 4.72. The molecule has 7 heteroatoms. The molecule has 2 aromatic heterocycles. The van der Waals surface area contributed by atoms with Crippen molar-refractivity contribution < 1.29 is 9.53 Å². The highest BCUT2D eigenvalue weighted by molar-refractivity contribution is 5.96. The predicted octanol–water partition coefficient (Wildman–Crippen LogP) is 3.68. The number of nitrogens with one attached hydrogen (secondary N) is 2. The summed E-state index contributed by atoms with van der Waals surface area (Å²) >= 11 is 0. The first-order chi connectivity index (χ1) is 14.5. The molecular formula is C23H22N4O3. The van der Waals surface area contributed by atoms with Gasteiger partial charge in [-0.1, -0.05) is 44.2 Å². The molecule has 1 amide bonds. The number of nitrogens with zero attached hydrogens (tertiary/aromatic N) is 2. The molecule has 0 unspecified atom stereocenters. The summed E-state index contributed by atoms with van der Waals surface area (Å²) in [6.07, 6.45) is 0.177. The van der Waals surface area contributed by atoms with Crippen molar-refractivity contribution in [2.75, 3.05) is 11.9 Å². The van der Waals surface area contributed by atoms with Gasteiger partial charge in [0.25, 0.3) is 5.56 Å². The fraction of sp³-hybridized carbons (Fsp3) is 0.261. The molecule has 30 heavy (non-hydrogen) atoms. The van der Waals surface area contributed by atoms with Crippen LogP contribution in [0.15, 0.2) is 53.3 Å². The van der Waals surface area contributed by atoms with Crippen LogP contribution < -0.4 is 15.6 Å². The first-order valence-electron chi connectivity index (χ1n) is 10.1. The van der Waals surface area contributed by atoms with Crippen LogP contribution in [0.3, 0.4) is 0 Å². The molecule has 2 aromatic carbocycles. The van der Waals surface area contributed by atoms with Crippen LogP contribution in [-0.4, -0.2) is 26.9 Å². The number of carbonyl (C=O) groups is 1. The Morgan fingerprint density at radius 3 is 2.73 bits per heavy atom. The number of hydrogen-bond donors (Lipinski definition) is 2. The monoisotopic (exact) mass is 402 g/mol. The number of para-hydroxylation sites is 3. The maximum atomic E-state index is 13.1. The quantitative estimate of drug-likeness (QED) is 0.545. The number of anilines is 1. The van der Waals surface area contributed by atoms with Gasteiger partial charge in [0.1, 0.15) is 11.6 Å². The van der Waals surface area contributed by atoms with Crippen molar-refractivity contribution in [3.8, 4) is 5.75 Å². The molecule has 0 saturated heterocycles. The summed E-state index contributed by atoms with van der Waals surface area (Å²) < 4.78 is 7.83. The maximum absolute atomic E-state index is 13.1. The van der Waals surface area contributed by atoms with E-state index in [0.29, 0.717) is 35.4 Å². The Labute approximate surface area is 172 Å². The van der Waals surface area contributed by atoms with Gasteiger partial charge >= 0.3 is 0 Å². The van der Waals surface area contributed by atoms with Gasteiger partial charge in [0.15, 0.2) is 0 Å². The van der Waals surface area contributed by atoms with Gasteiger partial charge in [0, 0.05) is 17.9 Å². The summed E-state index contributed by atoms with van der Waals surface area (Å²) in [5.74, 6) is 1.39. The highest BCUT2D eigenvalue weighted by Crippen LogP contribution is 2.39. The lowest BCUT2D eigenvalue weighted by molar-refractivity contribution is -0.116. The van der Waals surface area contributed by atoms with Crippen molar-refractivity contribution in [3.63, 3.8) is 0 Å². The summed E-state index contributed by atoms with van der Waals surface area (Å²) in [4.78, 5) is 33.2. The summed E-state index contributed by atoms with van der Waals surface area (Å²) in [5, 5.41) is 2.91. The zero-order valence-corrected chi connectivity index (χ0v) is 16.8. The van der Waals surface area contributed by atoms with E-state index in [1.807, 2.05) is 52.9 Å². The van der Waals surface area contributed by atoms with E-state index in [4.69, 9.17) is 4.74 Å². The van der Waals surface area contributed by atoms with Gasteiger partial charge < -0.3 is 10.1 Å². The van der Waals surface area contributed by atoms with Crippen molar-refractivity contribution in [1.82, 2.24) is 14.4 Å². The minimum absolute atomic E-state index is 0.143. The number of aromatic nitrogens is 3. The third-order valence-electron chi connectivity index (χ3n) is 5.37. The van der Waals surface area contributed by atoms with Crippen LogP contribution in [0.1, 0.15) is 37.3 Å². The molecule has 1 atom stereocenters. The lowest BCUT2D eigenvalue weighted by atomic mass is 9.86. The third kappa shape index (κ3) is 2.94. The van der Waals surface area contributed by atoms with Gasteiger partial charge in [-0.15, -0.1) is 0 Å². The van der Waals surface area contributed by atoms with E-state index in [9.17, 15) is 9.59 Å². The number of H-pyrrole nitrogens is 1. The number of aromatic amines is 1. The molecule has 3 heterocycles. The maximum Gasteiger partial charge on any atom is 0.258 e.